The van der Waals surface area contributed by atoms with Crippen molar-refractivity contribution in [3.05, 3.63) is 11.9 Å². The van der Waals surface area contributed by atoms with Crippen molar-refractivity contribution in [3.63, 3.8) is 0 Å². The van der Waals surface area contributed by atoms with Crippen molar-refractivity contribution in [2.75, 3.05) is 24.6 Å². The minimum atomic E-state index is -3.09. The maximum atomic E-state index is 12.1. The zero-order valence-corrected chi connectivity index (χ0v) is 11.4. The smallest absolute Gasteiger partial charge is 0.325 e. The van der Waals surface area contributed by atoms with Gasteiger partial charge in [0.1, 0.15) is 6.54 Å². The van der Waals surface area contributed by atoms with Gasteiger partial charge in [-0.2, -0.15) is 0 Å². The van der Waals surface area contributed by atoms with Gasteiger partial charge in [0.25, 0.3) is 5.91 Å². The first-order chi connectivity index (χ1) is 9.37. The Morgan fingerprint density at radius 3 is 2.75 bits per heavy atom. The molecule has 0 aromatic carbocycles. The summed E-state index contributed by atoms with van der Waals surface area (Å²) >= 11 is 0. The molecule has 20 heavy (non-hydrogen) atoms. The topological polar surface area (TPSA) is 122 Å². The first-order valence-corrected chi connectivity index (χ1v) is 7.81. The van der Waals surface area contributed by atoms with Gasteiger partial charge >= 0.3 is 5.97 Å². The highest BCUT2D eigenvalue weighted by Crippen LogP contribution is 2.08. The molecule has 1 saturated heterocycles. The lowest BCUT2D eigenvalue weighted by molar-refractivity contribution is -0.137. The van der Waals surface area contributed by atoms with Crippen molar-refractivity contribution in [3.8, 4) is 0 Å². The predicted octanol–water partition coefficient (Wildman–Crippen LogP) is -1.38. The summed E-state index contributed by atoms with van der Waals surface area (Å²) in [7, 11) is -3.09. The molecule has 1 aliphatic heterocycles. The summed E-state index contributed by atoms with van der Waals surface area (Å²) in [6.07, 6.45) is 1.63. The standard InChI is InChI=1S/C10H14N4O5S/c15-9(16)7-14-6-8(11-12-14)10(17)13-2-1-4-20(18,19)5-3-13/h6H,1-5,7H2,(H,15,16). The molecule has 1 fully saturated rings. The number of rotatable bonds is 3. The van der Waals surface area contributed by atoms with Crippen LogP contribution >= 0.6 is 0 Å². The summed E-state index contributed by atoms with van der Waals surface area (Å²) in [6, 6.07) is 0. The van der Waals surface area contributed by atoms with E-state index >= 15 is 0 Å². The second kappa shape index (κ2) is 5.57. The number of nitrogens with zero attached hydrogens (tertiary/aromatic N) is 4. The summed E-state index contributed by atoms with van der Waals surface area (Å²) in [5, 5.41) is 15.8. The van der Waals surface area contributed by atoms with Crippen molar-refractivity contribution in [1.82, 2.24) is 19.9 Å². The SMILES string of the molecule is O=C(O)Cn1cc(C(=O)N2CCCS(=O)(=O)CC2)nn1. The maximum Gasteiger partial charge on any atom is 0.325 e. The molecular formula is C10H14N4O5S. The number of aliphatic carboxylic acids is 1. The van der Waals surface area contributed by atoms with Crippen LogP contribution in [-0.2, 0) is 21.2 Å². The van der Waals surface area contributed by atoms with Crippen molar-refractivity contribution >= 4 is 21.7 Å². The van der Waals surface area contributed by atoms with Crippen LogP contribution in [0.15, 0.2) is 6.20 Å². The number of hydrogen-bond donors (Lipinski definition) is 1. The number of carbonyl (C=O) groups excluding carboxylic acids is 1. The lowest BCUT2D eigenvalue weighted by atomic mass is 10.3. The Kier molecular flexibility index (Phi) is 4.02. The molecule has 0 unspecified atom stereocenters. The summed E-state index contributed by atoms with van der Waals surface area (Å²) in [5.41, 5.74) is 0.0190. The van der Waals surface area contributed by atoms with Crippen LogP contribution in [0.3, 0.4) is 0 Å². The molecule has 0 bridgehead atoms. The third kappa shape index (κ3) is 3.53. The molecule has 110 valence electrons. The van der Waals surface area contributed by atoms with E-state index in [-0.39, 0.29) is 30.3 Å². The normalized spacial score (nSPS) is 18.5. The molecule has 0 atom stereocenters. The van der Waals surface area contributed by atoms with Crippen molar-refractivity contribution < 1.29 is 23.1 Å². The minimum absolute atomic E-state index is 0.0190. The molecule has 1 N–H and O–H groups in total. The van der Waals surface area contributed by atoms with Gasteiger partial charge in [0.05, 0.1) is 17.7 Å². The van der Waals surface area contributed by atoms with Crippen LogP contribution < -0.4 is 0 Å². The van der Waals surface area contributed by atoms with Crippen LogP contribution in [0.1, 0.15) is 16.9 Å². The van der Waals surface area contributed by atoms with E-state index in [0.717, 1.165) is 4.68 Å². The highest BCUT2D eigenvalue weighted by Gasteiger charge is 2.25. The van der Waals surface area contributed by atoms with E-state index in [0.29, 0.717) is 13.0 Å². The Hall–Kier alpha value is -1.97. The van der Waals surface area contributed by atoms with Gasteiger partial charge in [0.15, 0.2) is 15.5 Å². The molecular weight excluding hydrogens is 288 g/mol. The van der Waals surface area contributed by atoms with Gasteiger partial charge in [0.2, 0.25) is 0 Å². The first-order valence-electron chi connectivity index (χ1n) is 5.99. The van der Waals surface area contributed by atoms with Crippen LogP contribution in [0.4, 0.5) is 0 Å². The quantitative estimate of drug-likeness (QED) is 0.730. The van der Waals surface area contributed by atoms with Crippen molar-refractivity contribution in [2.24, 2.45) is 0 Å². The number of carboxylic acid groups (broad SMARTS) is 1. The van der Waals surface area contributed by atoms with Gasteiger partial charge in [-0.25, -0.2) is 13.1 Å². The summed E-state index contributed by atoms with van der Waals surface area (Å²) < 4.78 is 24.0. The largest absolute Gasteiger partial charge is 0.480 e. The summed E-state index contributed by atoms with van der Waals surface area (Å²) in [6.45, 7) is 0.0749. The molecule has 2 heterocycles. The predicted molar refractivity (Wildman–Crippen MR) is 66.8 cm³/mol. The van der Waals surface area contributed by atoms with Crippen LogP contribution in [0, 0.1) is 0 Å². The Balaban J connectivity index is 2.07. The Bertz CT molecular complexity index is 623. The second-order valence-corrected chi connectivity index (χ2v) is 6.80. The second-order valence-electron chi connectivity index (χ2n) is 4.49. The number of sulfone groups is 1. The summed E-state index contributed by atoms with van der Waals surface area (Å²) in [4.78, 5) is 24.0. The van der Waals surface area contributed by atoms with E-state index in [9.17, 15) is 18.0 Å². The average molecular weight is 302 g/mol. The highest BCUT2D eigenvalue weighted by atomic mass is 32.2. The minimum Gasteiger partial charge on any atom is -0.480 e. The molecule has 1 aliphatic rings. The van der Waals surface area contributed by atoms with E-state index < -0.39 is 21.7 Å². The van der Waals surface area contributed by atoms with Crippen LogP contribution in [0.25, 0.3) is 0 Å². The zero-order valence-electron chi connectivity index (χ0n) is 10.6. The average Bonchev–Trinajstić information content (AvgIpc) is 2.72. The molecule has 1 aromatic heterocycles. The molecule has 0 aliphatic carbocycles. The van der Waals surface area contributed by atoms with Gasteiger partial charge in [0, 0.05) is 13.1 Å². The molecule has 1 amide bonds. The highest BCUT2D eigenvalue weighted by molar-refractivity contribution is 7.91. The zero-order chi connectivity index (χ0) is 14.8. The van der Waals surface area contributed by atoms with Gasteiger partial charge in [-0.1, -0.05) is 5.21 Å². The van der Waals surface area contributed by atoms with Gasteiger partial charge in [-0.15, -0.1) is 5.10 Å². The Labute approximate surface area is 115 Å². The van der Waals surface area contributed by atoms with Gasteiger partial charge in [-0.3, -0.25) is 9.59 Å². The van der Waals surface area contributed by atoms with E-state index in [1.807, 2.05) is 0 Å². The number of amides is 1. The monoisotopic (exact) mass is 302 g/mol. The molecule has 0 radical (unpaired) electrons. The van der Waals surface area contributed by atoms with Crippen molar-refractivity contribution in [2.45, 2.75) is 13.0 Å². The number of hydrogen-bond acceptors (Lipinski definition) is 6. The van der Waals surface area contributed by atoms with Crippen LogP contribution in [0.5, 0.6) is 0 Å². The Morgan fingerprint density at radius 2 is 2.05 bits per heavy atom. The van der Waals surface area contributed by atoms with E-state index in [4.69, 9.17) is 5.11 Å². The van der Waals surface area contributed by atoms with Crippen LogP contribution in [0.2, 0.25) is 0 Å². The fraction of sp³-hybridized carbons (Fsp3) is 0.600. The van der Waals surface area contributed by atoms with E-state index in [1.165, 1.54) is 11.1 Å². The number of aromatic nitrogens is 3. The number of carboxylic acids is 1. The molecule has 1 aromatic rings. The lowest BCUT2D eigenvalue weighted by Gasteiger charge is -2.17. The molecule has 0 spiro atoms. The van der Waals surface area contributed by atoms with Gasteiger partial charge in [-0.05, 0) is 6.42 Å². The van der Waals surface area contributed by atoms with E-state index in [2.05, 4.69) is 10.3 Å². The fourth-order valence-electron chi connectivity index (χ4n) is 1.92. The third-order valence-corrected chi connectivity index (χ3v) is 4.61. The lowest BCUT2D eigenvalue weighted by Crippen LogP contribution is -2.33. The van der Waals surface area contributed by atoms with Gasteiger partial charge < -0.3 is 10.0 Å². The third-order valence-electron chi connectivity index (χ3n) is 2.90. The van der Waals surface area contributed by atoms with Crippen molar-refractivity contribution in [1.29, 1.82) is 0 Å². The molecule has 9 nitrogen and oxygen atoms in total. The molecule has 10 heteroatoms. The number of carbonyl (C=O) groups is 2. The Morgan fingerprint density at radius 1 is 1.30 bits per heavy atom. The fourth-order valence-corrected chi connectivity index (χ4v) is 3.19. The molecule has 0 saturated carbocycles. The summed E-state index contributed by atoms with van der Waals surface area (Å²) in [5.74, 6) is -1.52. The molecule has 2 rings (SSSR count). The maximum absolute atomic E-state index is 12.1. The first kappa shape index (κ1) is 14.4. The van der Waals surface area contributed by atoms with Crippen LogP contribution in [-0.4, -0.2) is 69.9 Å². The van der Waals surface area contributed by atoms with E-state index in [1.54, 1.807) is 0 Å².